The van der Waals surface area contributed by atoms with E-state index in [1.165, 1.54) is 0 Å². The Morgan fingerprint density at radius 3 is 2.65 bits per heavy atom. The first-order valence-corrected chi connectivity index (χ1v) is 7.56. The summed E-state index contributed by atoms with van der Waals surface area (Å²) in [5.74, 6) is 0.329. The molecule has 0 unspecified atom stereocenters. The van der Waals surface area contributed by atoms with E-state index < -0.39 is 5.91 Å². The van der Waals surface area contributed by atoms with Crippen LogP contribution in [0, 0.1) is 0 Å². The van der Waals surface area contributed by atoms with Gasteiger partial charge in [-0.3, -0.25) is 9.59 Å². The second-order valence-corrected chi connectivity index (χ2v) is 5.56. The molecular formula is C18H18N2O3. The summed E-state index contributed by atoms with van der Waals surface area (Å²) in [6, 6.07) is 12.4. The number of hydrogen-bond acceptors (Lipinski definition) is 3. The van der Waals surface area contributed by atoms with Crippen LogP contribution in [-0.2, 0) is 17.6 Å². The van der Waals surface area contributed by atoms with Crippen molar-refractivity contribution < 1.29 is 14.3 Å². The maximum Gasteiger partial charge on any atom is 0.248 e. The normalized spacial score (nSPS) is 12.9. The molecule has 0 radical (unpaired) electrons. The zero-order valence-corrected chi connectivity index (χ0v) is 12.7. The third kappa shape index (κ3) is 3.69. The molecule has 23 heavy (non-hydrogen) atoms. The summed E-state index contributed by atoms with van der Waals surface area (Å²) in [4.78, 5) is 23.2. The van der Waals surface area contributed by atoms with Crippen molar-refractivity contribution >= 4 is 17.5 Å². The molecule has 3 rings (SSSR count). The van der Waals surface area contributed by atoms with Crippen molar-refractivity contribution in [2.75, 3.05) is 11.9 Å². The summed E-state index contributed by atoms with van der Waals surface area (Å²) < 4.78 is 5.57. The van der Waals surface area contributed by atoms with E-state index in [0.717, 1.165) is 36.3 Å². The SMILES string of the molecule is NC(=O)c1ccc(NC(=O)Cc2ccc3c(c2)CCCO3)cc1. The zero-order valence-electron chi connectivity index (χ0n) is 12.7. The molecule has 0 saturated heterocycles. The Balaban J connectivity index is 1.64. The molecule has 3 N–H and O–H groups in total. The van der Waals surface area contributed by atoms with Gasteiger partial charge in [0.05, 0.1) is 13.0 Å². The van der Waals surface area contributed by atoms with Gasteiger partial charge in [-0.25, -0.2) is 0 Å². The maximum absolute atomic E-state index is 12.1. The largest absolute Gasteiger partial charge is 0.493 e. The van der Waals surface area contributed by atoms with Crippen molar-refractivity contribution in [2.45, 2.75) is 19.3 Å². The summed E-state index contributed by atoms with van der Waals surface area (Å²) in [6.07, 6.45) is 2.29. The predicted octanol–water partition coefficient (Wildman–Crippen LogP) is 2.29. The third-order valence-electron chi connectivity index (χ3n) is 3.79. The molecule has 118 valence electrons. The van der Waals surface area contributed by atoms with E-state index in [9.17, 15) is 9.59 Å². The van der Waals surface area contributed by atoms with Crippen LogP contribution in [0.5, 0.6) is 5.75 Å². The lowest BCUT2D eigenvalue weighted by atomic mass is 10.0. The number of anilines is 1. The van der Waals surface area contributed by atoms with Crippen LogP contribution in [0.4, 0.5) is 5.69 Å². The van der Waals surface area contributed by atoms with Gasteiger partial charge >= 0.3 is 0 Å². The number of rotatable bonds is 4. The van der Waals surface area contributed by atoms with Crippen LogP contribution in [0.1, 0.15) is 27.9 Å². The van der Waals surface area contributed by atoms with E-state index in [2.05, 4.69) is 5.32 Å². The molecule has 0 aliphatic carbocycles. The Bertz CT molecular complexity index is 738. The molecule has 0 atom stereocenters. The monoisotopic (exact) mass is 310 g/mol. The lowest BCUT2D eigenvalue weighted by molar-refractivity contribution is -0.115. The Labute approximate surface area is 134 Å². The van der Waals surface area contributed by atoms with Crippen molar-refractivity contribution in [3.63, 3.8) is 0 Å². The number of nitrogens with two attached hydrogens (primary N) is 1. The second-order valence-electron chi connectivity index (χ2n) is 5.56. The summed E-state index contributed by atoms with van der Waals surface area (Å²) in [7, 11) is 0. The fourth-order valence-electron chi connectivity index (χ4n) is 2.63. The molecule has 0 spiro atoms. The van der Waals surface area contributed by atoms with Crippen molar-refractivity contribution in [1.82, 2.24) is 0 Å². The fraction of sp³-hybridized carbons (Fsp3) is 0.222. The number of aryl methyl sites for hydroxylation is 1. The summed E-state index contributed by atoms with van der Waals surface area (Å²) in [6.45, 7) is 0.758. The number of carbonyl (C=O) groups excluding carboxylic acids is 2. The second kappa shape index (κ2) is 6.52. The van der Waals surface area contributed by atoms with Gasteiger partial charge in [-0.2, -0.15) is 0 Å². The third-order valence-corrected chi connectivity index (χ3v) is 3.79. The lowest BCUT2D eigenvalue weighted by Gasteiger charge is -2.17. The number of nitrogens with one attached hydrogen (secondary N) is 1. The minimum atomic E-state index is -0.487. The van der Waals surface area contributed by atoms with Gasteiger partial charge in [0.25, 0.3) is 0 Å². The topological polar surface area (TPSA) is 81.4 Å². The van der Waals surface area contributed by atoms with Crippen molar-refractivity contribution in [2.24, 2.45) is 5.73 Å². The van der Waals surface area contributed by atoms with E-state index in [4.69, 9.17) is 10.5 Å². The molecule has 1 heterocycles. The highest BCUT2D eigenvalue weighted by molar-refractivity contribution is 5.95. The lowest BCUT2D eigenvalue weighted by Crippen LogP contribution is -2.16. The number of fused-ring (bicyclic) bond motifs is 1. The average molecular weight is 310 g/mol. The molecule has 2 aromatic rings. The number of ether oxygens (including phenoxy) is 1. The van der Waals surface area contributed by atoms with Gasteiger partial charge in [-0.15, -0.1) is 0 Å². The van der Waals surface area contributed by atoms with Crippen LogP contribution in [-0.4, -0.2) is 18.4 Å². The van der Waals surface area contributed by atoms with E-state index in [0.29, 0.717) is 17.7 Å². The van der Waals surface area contributed by atoms with Gasteiger partial charge in [0.2, 0.25) is 11.8 Å². The first-order chi connectivity index (χ1) is 11.1. The minimum Gasteiger partial charge on any atom is -0.493 e. The molecule has 2 aromatic carbocycles. The van der Waals surface area contributed by atoms with E-state index in [1.807, 2.05) is 18.2 Å². The van der Waals surface area contributed by atoms with Crippen LogP contribution in [0.15, 0.2) is 42.5 Å². The predicted molar refractivity (Wildman–Crippen MR) is 87.6 cm³/mol. The molecule has 0 saturated carbocycles. The molecular weight excluding hydrogens is 292 g/mol. The highest BCUT2D eigenvalue weighted by Crippen LogP contribution is 2.25. The number of benzene rings is 2. The Morgan fingerprint density at radius 1 is 1.13 bits per heavy atom. The molecule has 2 amide bonds. The molecule has 1 aliphatic rings. The maximum atomic E-state index is 12.1. The Morgan fingerprint density at radius 2 is 1.91 bits per heavy atom. The van der Waals surface area contributed by atoms with Gasteiger partial charge in [0.1, 0.15) is 5.75 Å². The molecule has 1 aliphatic heterocycles. The van der Waals surface area contributed by atoms with Crippen molar-refractivity contribution in [3.05, 3.63) is 59.2 Å². The first-order valence-electron chi connectivity index (χ1n) is 7.56. The summed E-state index contributed by atoms with van der Waals surface area (Å²) >= 11 is 0. The Hall–Kier alpha value is -2.82. The van der Waals surface area contributed by atoms with Gasteiger partial charge in [-0.05, 0) is 54.3 Å². The number of hydrogen-bond donors (Lipinski definition) is 2. The van der Waals surface area contributed by atoms with E-state index in [-0.39, 0.29) is 5.91 Å². The molecule has 0 fully saturated rings. The highest BCUT2D eigenvalue weighted by atomic mass is 16.5. The van der Waals surface area contributed by atoms with Crippen LogP contribution < -0.4 is 15.8 Å². The van der Waals surface area contributed by atoms with Crippen LogP contribution in [0.25, 0.3) is 0 Å². The van der Waals surface area contributed by atoms with Gasteiger partial charge in [0.15, 0.2) is 0 Å². The fourth-order valence-corrected chi connectivity index (χ4v) is 2.63. The molecule has 0 aromatic heterocycles. The van der Waals surface area contributed by atoms with E-state index in [1.54, 1.807) is 24.3 Å². The highest BCUT2D eigenvalue weighted by Gasteiger charge is 2.12. The quantitative estimate of drug-likeness (QED) is 0.909. The van der Waals surface area contributed by atoms with E-state index >= 15 is 0 Å². The number of amides is 2. The van der Waals surface area contributed by atoms with Crippen molar-refractivity contribution in [3.8, 4) is 5.75 Å². The smallest absolute Gasteiger partial charge is 0.248 e. The van der Waals surface area contributed by atoms with Gasteiger partial charge in [0, 0.05) is 11.3 Å². The summed E-state index contributed by atoms with van der Waals surface area (Å²) in [5, 5.41) is 2.81. The van der Waals surface area contributed by atoms with Crippen LogP contribution in [0.2, 0.25) is 0 Å². The van der Waals surface area contributed by atoms with Crippen LogP contribution in [0.3, 0.4) is 0 Å². The number of carbonyl (C=O) groups is 2. The first kappa shape index (κ1) is 15.1. The van der Waals surface area contributed by atoms with Crippen molar-refractivity contribution in [1.29, 1.82) is 0 Å². The minimum absolute atomic E-state index is 0.103. The molecule has 5 heteroatoms. The average Bonchev–Trinajstić information content (AvgIpc) is 2.55. The molecule has 0 bridgehead atoms. The molecule has 5 nitrogen and oxygen atoms in total. The number of primary amides is 1. The standard InChI is InChI=1S/C18H18N2O3/c19-18(22)13-4-6-15(7-5-13)20-17(21)11-12-3-8-16-14(10-12)2-1-9-23-16/h3-8,10H,1-2,9,11H2,(H2,19,22)(H,20,21). The van der Waals surface area contributed by atoms with Gasteiger partial charge < -0.3 is 15.8 Å². The summed E-state index contributed by atoms with van der Waals surface area (Å²) in [5.41, 5.74) is 8.36. The Kier molecular flexibility index (Phi) is 4.28. The van der Waals surface area contributed by atoms with Gasteiger partial charge in [-0.1, -0.05) is 12.1 Å². The van der Waals surface area contributed by atoms with Crippen LogP contribution >= 0.6 is 0 Å². The zero-order chi connectivity index (χ0) is 16.2.